The van der Waals surface area contributed by atoms with Crippen LogP contribution in [0, 0.1) is 5.82 Å². The number of nitrogens with one attached hydrogen (secondary N) is 1. The van der Waals surface area contributed by atoms with Gasteiger partial charge in [0.1, 0.15) is 12.4 Å². The van der Waals surface area contributed by atoms with E-state index in [1.807, 2.05) is 0 Å². The van der Waals surface area contributed by atoms with Gasteiger partial charge < -0.3 is 15.3 Å². The van der Waals surface area contributed by atoms with Crippen LogP contribution in [0.2, 0.25) is 0 Å². The summed E-state index contributed by atoms with van der Waals surface area (Å²) in [4.78, 5) is 22.8. The van der Waals surface area contributed by atoms with Crippen molar-refractivity contribution in [3.8, 4) is 0 Å². The van der Waals surface area contributed by atoms with Crippen molar-refractivity contribution in [3.63, 3.8) is 0 Å². The van der Waals surface area contributed by atoms with Crippen molar-refractivity contribution in [1.29, 1.82) is 0 Å². The Kier molecular flexibility index (Phi) is 4.45. The molecule has 6 heteroatoms. The van der Waals surface area contributed by atoms with Crippen LogP contribution in [-0.2, 0) is 11.3 Å². The molecule has 2 N–H and O–H groups in total. The highest BCUT2D eigenvalue weighted by atomic mass is 19.1. The molecule has 0 saturated carbocycles. The molecule has 0 heterocycles. The van der Waals surface area contributed by atoms with Gasteiger partial charge in [0.25, 0.3) is 0 Å². The molecule has 0 bridgehead atoms. The van der Waals surface area contributed by atoms with Crippen LogP contribution in [0.25, 0.3) is 0 Å². The van der Waals surface area contributed by atoms with Crippen molar-refractivity contribution < 1.29 is 19.1 Å². The van der Waals surface area contributed by atoms with E-state index < -0.39 is 12.0 Å². The van der Waals surface area contributed by atoms with Gasteiger partial charge in [-0.1, -0.05) is 12.1 Å². The molecule has 2 amide bonds. The Morgan fingerprint density at radius 1 is 1.35 bits per heavy atom. The van der Waals surface area contributed by atoms with Gasteiger partial charge in [0.05, 0.1) is 0 Å². The second-order valence-corrected chi connectivity index (χ2v) is 3.53. The summed E-state index contributed by atoms with van der Waals surface area (Å²) >= 11 is 0. The van der Waals surface area contributed by atoms with Gasteiger partial charge >= 0.3 is 12.0 Å². The van der Waals surface area contributed by atoms with E-state index in [0.717, 1.165) is 10.5 Å². The smallest absolute Gasteiger partial charge is 0.323 e. The number of carboxylic acids is 1. The van der Waals surface area contributed by atoms with E-state index in [9.17, 15) is 14.0 Å². The first-order valence-electron chi connectivity index (χ1n) is 4.94. The Bertz CT molecular complexity index is 406. The number of amides is 2. The average molecular weight is 240 g/mol. The Morgan fingerprint density at radius 3 is 2.47 bits per heavy atom. The fraction of sp³-hybridized carbons (Fsp3) is 0.273. The number of hydrogen-bond acceptors (Lipinski definition) is 2. The van der Waals surface area contributed by atoms with Crippen molar-refractivity contribution in [1.82, 2.24) is 10.2 Å². The summed E-state index contributed by atoms with van der Waals surface area (Å²) in [5.41, 5.74) is 0.739. The first kappa shape index (κ1) is 13.0. The average Bonchev–Trinajstić information content (AvgIpc) is 2.27. The number of benzene rings is 1. The molecule has 0 atom stereocenters. The van der Waals surface area contributed by atoms with Crippen LogP contribution < -0.4 is 5.32 Å². The molecule has 0 aliphatic rings. The summed E-state index contributed by atoms with van der Waals surface area (Å²) in [6, 6.07) is 5.20. The zero-order chi connectivity index (χ0) is 12.8. The van der Waals surface area contributed by atoms with E-state index in [2.05, 4.69) is 5.32 Å². The number of nitrogens with zero attached hydrogens (tertiary/aromatic N) is 1. The number of urea groups is 1. The number of aliphatic carboxylic acids is 1. The normalized spacial score (nSPS) is 9.76. The number of halogens is 1. The minimum absolute atomic E-state index is 0.225. The lowest BCUT2D eigenvalue weighted by atomic mass is 10.2. The third kappa shape index (κ3) is 4.50. The zero-order valence-corrected chi connectivity index (χ0v) is 9.31. The standard InChI is InChI=1S/C11H13FN2O3/c1-14(7-10(15)16)11(17)13-6-8-2-4-9(12)5-3-8/h2-5H,6-7H2,1H3,(H,13,17)(H,15,16). The maximum absolute atomic E-state index is 12.6. The van der Waals surface area contributed by atoms with E-state index in [0.29, 0.717) is 0 Å². The molecule has 0 saturated heterocycles. The van der Waals surface area contributed by atoms with Gasteiger partial charge in [0.15, 0.2) is 0 Å². The number of likely N-dealkylation sites (N-methyl/N-ethyl adjacent to an activating group) is 1. The van der Waals surface area contributed by atoms with Gasteiger partial charge in [-0.15, -0.1) is 0 Å². The lowest BCUT2D eigenvalue weighted by Gasteiger charge is -2.15. The fourth-order valence-electron chi connectivity index (χ4n) is 1.19. The number of hydrogen-bond donors (Lipinski definition) is 2. The van der Waals surface area contributed by atoms with E-state index in [4.69, 9.17) is 5.11 Å². The monoisotopic (exact) mass is 240 g/mol. The quantitative estimate of drug-likeness (QED) is 0.826. The summed E-state index contributed by atoms with van der Waals surface area (Å²) in [5.74, 6) is -1.42. The molecule has 1 aromatic carbocycles. The van der Waals surface area contributed by atoms with E-state index in [1.54, 1.807) is 12.1 Å². The molecular weight excluding hydrogens is 227 g/mol. The van der Waals surface area contributed by atoms with E-state index in [1.165, 1.54) is 19.2 Å². The first-order valence-corrected chi connectivity index (χ1v) is 4.94. The molecule has 17 heavy (non-hydrogen) atoms. The molecule has 0 radical (unpaired) electrons. The second kappa shape index (κ2) is 5.83. The van der Waals surface area contributed by atoms with Gasteiger partial charge in [-0.3, -0.25) is 4.79 Å². The minimum atomic E-state index is -1.08. The van der Waals surface area contributed by atoms with Crippen LogP contribution in [0.1, 0.15) is 5.56 Å². The SMILES string of the molecule is CN(CC(=O)O)C(=O)NCc1ccc(F)cc1. The van der Waals surface area contributed by atoms with Crippen molar-refractivity contribution in [2.75, 3.05) is 13.6 Å². The fourth-order valence-corrected chi connectivity index (χ4v) is 1.19. The van der Waals surface area contributed by atoms with Gasteiger partial charge in [0, 0.05) is 13.6 Å². The lowest BCUT2D eigenvalue weighted by Crippen LogP contribution is -2.39. The molecule has 0 unspecified atom stereocenters. The molecule has 5 nitrogen and oxygen atoms in total. The van der Waals surface area contributed by atoms with Crippen molar-refractivity contribution >= 4 is 12.0 Å². The van der Waals surface area contributed by atoms with Crippen molar-refractivity contribution in [2.24, 2.45) is 0 Å². The molecular formula is C11H13FN2O3. The Labute approximate surface area is 97.8 Å². The van der Waals surface area contributed by atoms with Crippen LogP contribution in [-0.4, -0.2) is 35.6 Å². The van der Waals surface area contributed by atoms with Gasteiger partial charge in [-0.05, 0) is 17.7 Å². The van der Waals surface area contributed by atoms with Crippen LogP contribution >= 0.6 is 0 Å². The molecule has 0 aliphatic carbocycles. The first-order chi connectivity index (χ1) is 7.99. The summed E-state index contributed by atoms with van der Waals surface area (Å²) < 4.78 is 12.6. The van der Waals surface area contributed by atoms with E-state index >= 15 is 0 Å². The van der Waals surface area contributed by atoms with Crippen molar-refractivity contribution in [2.45, 2.75) is 6.54 Å². The summed E-state index contributed by atoms with van der Waals surface area (Å²) in [7, 11) is 1.38. The Hall–Kier alpha value is -2.11. The summed E-state index contributed by atoms with van der Waals surface area (Å²) in [5, 5.41) is 11.0. The third-order valence-electron chi connectivity index (χ3n) is 2.08. The lowest BCUT2D eigenvalue weighted by molar-refractivity contribution is -0.137. The number of carbonyl (C=O) groups is 2. The molecule has 92 valence electrons. The number of carbonyl (C=O) groups excluding carboxylic acids is 1. The predicted molar refractivity (Wildman–Crippen MR) is 58.9 cm³/mol. The van der Waals surface area contributed by atoms with Crippen molar-refractivity contribution in [3.05, 3.63) is 35.6 Å². The van der Waals surface area contributed by atoms with Gasteiger partial charge in [-0.25, -0.2) is 9.18 Å². The maximum Gasteiger partial charge on any atom is 0.323 e. The second-order valence-electron chi connectivity index (χ2n) is 3.53. The minimum Gasteiger partial charge on any atom is -0.480 e. The molecule has 0 aliphatic heterocycles. The Morgan fingerprint density at radius 2 is 1.94 bits per heavy atom. The molecule has 1 rings (SSSR count). The molecule has 1 aromatic rings. The summed E-state index contributed by atoms with van der Waals surface area (Å²) in [6.45, 7) is -0.141. The number of rotatable bonds is 4. The summed E-state index contributed by atoms with van der Waals surface area (Å²) in [6.07, 6.45) is 0. The highest BCUT2D eigenvalue weighted by Gasteiger charge is 2.10. The van der Waals surface area contributed by atoms with Gasteiger partial charge in [-0.2, -0.15) is 0 Å². The predicted octanol–water partition coefficient (Wildman–Crippen LogP) is 1.05. The van der Waals surface area contributed by atoms with Crippen LogP contribution in [0.5, 0.6) is 0 Å². The number of carboxylic acid groups (broad SMARTS) is 1. The maximum atomic E-state index is 12.6. The van der Waals surface area contributed by atoms with Crippen LogP contribution in [0.3, 0.4) is 0 Å². The Balaban J connectivity index is 2.42. The highest BCUT2D eigenvalue weighted by molar-refractivity contribution is 5.79. The molecule has 0 spiro atoms. The highest BCUT2D eigenvalue weighted by Crippen LogP contribution is 2.02. The van der Waals surface area contributed by atoms with Crippen LogP contribution in [0.4, 0.5) is 9.18 Å². The third-order valence-corrected chi connectivity index (χ3v) is 2.08. The van der Waals surface area contributed by atoms with E-state index in [-0.39, 0.29) is 18.9 Å². The molecule has 0 fully saturated rings. The topological polar surface area (TPSA) is 69.6 Å². The largest absolute Gasteiger partial charge is 0.480 e. The molecule has 0 aromatic heterocycles. The zero-order valence-electron chi connectivity index (χ0n) is 9.31. The van der Waals surface area contributed by atoms with Crippen LogP contribution in [0.15, 0.2) is 24.3 Å². The van der Waals surface area contributed by atoms with Gasteiger partial charge in [0.2, 0.25) is 0 Å².